The number of rotatable bonds is 4. The van der Waals surface area contributed by atoms with E-state index in [0.717, 1.165) is 23.7 Å². The van der Waals surface area contributed by atoms with Crippen LogP contribution in [0.15, 0.2) is 140 Å². The van der Waals surface area contributed by atoms with Crippen LogP contribution in [0.5, 0.6) is 0 Å². The van der Waals surface area contributed by atoms with Gasteiger partial charge in [-0.05, 0) is 142 Å². The van der Waals surface area contributed by atoms with Crippen molar-refractivity contribution in [1.82, 2.24) is 0 Å². The number of hydrogen-bond donors (Lipinski definition) is 0. The Labute approximate surface area is 266 Å². The van der Waals surface area contributed by atoms with Crippen molar-refractivity contribution >= 4 is 27.8 Å². The molecule has 2 bridgehead atoms. The minimum Gasteiger partial charge on any atom is -0.310 e. The number of benzene rings is 6. The van der Waals surface area contributed by atoms with Gasteiger partial charge in [-0.2, -0.15) is 0 Å². The van der Waals surface area contributed by atoms with Crippen molar-refractivity contribution in [2.24, 2.45) is 23.7 Å². The minimum absolute atomic E-state index is 0.189. The average molecular weight is 580 g/mol. The van der Waals surface area contributed by atoms with Crippen LogP contribution >= 0.6 is 0 Å². The summed E-state index contributed by atoms with van der Waals surface area (Å²) in [5.41, 5.74) is 12.4. The zero-order chi connectivity index (χ0) is 29.5. The van der Waals surface area contributed by atoms with E-state index >= 15 is 0 Å². The van der Waals surface area contributed by atoms with E-state index in [4.69, 9.17) is 0 Å². The largest absolute Gasteiger partial charge is 0.310 e. The van der Waals surface area contributed by atoms with Gasteiger partial charge in [0.05, 0.1) is 0 Å². The van der Waals surface area contributed by atoms with Crippen LogP contribution in [-0.2, 0) is 5.41 Å². The van der Waals surface area contributed by atoms with Crippen LogP contribution in [-0.4, -0.2) is 0 Å². The van der Waals surface area contributed by atoms with Crippen LogP contribution in [0, 0.1) is 23.7 Å². The lowest BCUT2D eigenvalue weighted by molar-refractivity contribution is 0.0400. The SMILES string of the molecule is c1ccc(N(c2cccc(-c3ccc4ccccc4c3)c2)c2ccc3c(c2)-c2ccccc2C32CCC3CC4CC2C4C3)cc1. The van der Waals surface area contributed by atoms with Crippen molar-refractivity contribution in [1.29, 1.82) is 0 Å². The topological polar surface area (TPSA) is 3.24 Å². The third-order valence-corrected chi connectivity index (χ3v) is 12.1. The number of fused-ring (bicyclic) bond motifs is 8. The van der Waals surface area contributed by atoms with E-state index in [-0.39, 0.29) is 5.41 Å². The standard InChI is InChI=1S/C44H37N/c1-2-12-35(13-3-1)45(36-14-8-11-32(26-36)33-18-17-30-9-4-5-10-31(30)25-33)37-19-20-42-40(28-37)38-15-6-7-16-41(38)44(42)22-21-29-23-34-27-43(44)39(34)24-29/h1-20,25-26,28-29,34,39,43H,21-24,27H2. The number of nitrogens with zero attached hydrogens (tertiary/aromatic N) is 1. The number of hydrogen-bond acceptors (Lipinski definition) is 1. The molecule has 3 fully saturated rings. The molecule has 0 amide bonds. The van der Waals surface area contributed by atoms with E-state index in [9.17, 15) is 0 Å². The Bertz CT molecular complexity index is 2090. The van der Waals surface area contributed by atoms with Crippen LogP contribution in [0.2, 0.25) is 0 Å². The molecule has 45 heavy (non-hydrogen) atoms. The summed E-state index contributed by atoms with van der Waals surface area (Å²) >= 11 is 0. The maximum atomic E-state index is 2.53. The minimum atomic E-state index is 0.189. The molecule has 6 aromatic rings. The van der Waals surface area contributed by atoms with E-state index in [0.29, 0.717) is 0 Å². The average Bonchev–Trinajstić information content (AvgIpc) is 3.50. The van der Waals surface area contributed by atoms with Gasteiger partial charge >= 0.3 is 0 Å². The third kappa shape index (κ3) is 3.73. The van der Waals surface area contributed by atoms with Crippen molar-refractivity contribution in [2.45, 2.75) is 37.5 Å². The highest BCUT2D eigenvalue weighted by molar-refractivity contribution is 5.90. The molecule has 0 aliphatic heterocycles. The number of para-hydroxylation sites is 1. The summed E-state index contributed by atoms with van der Waals surface area (Å²) in [6.07, 6.45) is 7.09. The molecule has 218 valence electrons. The summed E-state index contributed by atoms with van der Waals surface area (Å²) in [5.74, 6) is 3.65. The van der Waals surface area contributed by atoms with E-state index in [1.165, 1.54) is 82.2 Å². The van der Waals surface area contributed by atoms with E-state index in [1.54, 1.807) is 11.1 Å². The fraction of sp³-hybridized carbons (Fsp3) is 0.227. The zero-order valence-electron chi connectivity index (χ0n) is 25.6. The van der Waals surface area contributed by atoms with Gasteiger partial charge in [0.1, 0.15) is 0 Å². The van der Waals surface area contributed by atoms with Gasteiger partial charge in [-0.3, -0.25) is 0 Å². The molecular formula is C44H37N. The van der Waals surface area contributed by atoms with E-state index in [2.05, 4.69) is 144 Å². The van der Waals surface area contributed by atoms with Crippen molar-refractivity contribution in [3.63, 3.8) is 0 Å². The lowest BCUT2D eigenvalue weighted by Gasteiger charge is -2.52. The normalized spacial score (nSPS) is 25.4. The Morgan fingerprint density at radius 1 is 0.511 bits per heavy atom. The maximum Gasteiger partial charge on any atom is 0.0468 e. The Hall–Kier alpha value is -4.62. The van der Waals surface area contributed by atoms with Crippen LogP contribution in [0.25, 0.3) is 33.0 Å². The van der Waals surface area contributed by atoms with Crippen LogP contribution < -0.4 is 4.90 Å². The highest BCUT2D eigenvalue weighted by atomic mass is 15.1. The first kappa shape index (κ1) is 25.7. The van der Waals surface area contributed by atoms with Crippen molar-refractivity contribution < 1.29 is 0 Å². The first-order chi connectivity index (χ1) is 22.3. The van der Waals surface area contributed by atoms with Crippen molar-refractivity contribution in [3.05, 3.63) is 151 Å². The predicted octanol–water partition coefficient (Wildman–Crippen LogP) is 11.7. The Morgan fingerprint density at radius 3 is 2.20 bits per heavy atom. The molecule has 4 aliphatic rings. The molecule has 1 heteroatoms. The zero-order valence-corrected chi connectivity index (χ0v) is 25.6. The number of anilines is 3. The lowest BCUT2D eigenvalue weighted by atomic mass is 9.51. The second-order valence-electron chi connectivity index (χ2n) is 14.2. The van der Waals surface area contributed by atoms with Crippen molar-refractivity contribution in [2.75, 3.05) is 4.90 Å². The second-order valence-corrected chi connectivity index (χ2v) is 14.2. The molecule has 1 spiro atoms. The van der Waals surface area contributed by atoms with Crippen LogP contribution in [0.3, 0.4) is 0 Å². The summed E-state index contributed by atoms with van der Waals surface area (Å²) in [5, 5.41) is 2.55. The first-order valence-corrected chi connectivity index (χ1v) is 17.0. The van der Waals surface area contributed by atoms with Gasteiger partial charge in [-0.1, -0.05) is 97.1 Å². The molecule has 0 radical (unpaired) electrons. The van der Waals surface area contributed by atoms with Crippen LogP contribution in [0.4, 0.5) is 17.1 Å². The van der Waals surface area contributed by atoms with Gasteiger partial charge < -0.3 is 4.90 Å². The molecule has 0 N–H and O–H groups in total. The molecular weight excluding hydrogens is 542 g/mol. The monoisotopic (exact) mass is 579 g/mol. The molecule has 10 rings (SSSR count). The second kappa shape index (κ2) is 9.69. The molecule has 0 saturated heterocycles. The highest BCUT2D eigenvalue weighted by Gasteiger charge is 2.61. The van der Waals surface area contributed by atoms with Gasteiger partial charge in [0, 0.05) is 22.5 Å². The maximum absolute atomic E-state index is 2.53. The van der Waals surface area contributed by atoms with Gasteiger partial charge in [0.15, 0.2) is 0 Å². The molecule has 3 saturated carbocycles. The quantitative estimate of drug-likeness (QED) is 0.201. The summed E-state index contributed by atoms with van der Waals surface area (Å²) in [6, 6.07) is 52.3. The summed E-state index contributed by atoms with van der Waals surface area (Å²) in [6.45, 7) is 0. The predicted molar refractivity (Wildman–Crippen MR) is 187 cm³/mol. The molecule has 0 heterocycles. The fourth-order valence-electron chi connectivity index (χ4n) is 10.2. The molecule has 4 aliphatic carbocycles. The Kier molecular flexibility index (Phi) is 5.53. The van der Waals surface area contributed by atoms with E-state index < -0.39 is 0 Å². The summed E-state index contributed by atoms with van der Waals surface area (Å²) < 4.78 is 0. The smallest absolute Gasteiger partial charge is 0.0468 e. The van der Waals surface area contributed by atoms with E-state index in [1.807, 2.05) is 0 Å². The Morgan fingerprint density at radius 2 is 1.27 bits per heavy atom. The molecule has 5 unspecified atom stereocenters. The van der Waals surface area contributed by atoms with Gasteiger partial charge in [0.2, 0.25) is 0 Å². The lowest BCUT2D eigenvalue weighted by Crippen LogP contribution is -2.47. The summed E-state index contributed by atoms with van der Waals surface area (Å²) in [7, 11) is 0. The van der Waals surface area contributed by atoms with Gasteiger partial charge in [0.25, 0.3) is 0 Å². The highest BCUT2D eigenvalue weighted by Crippen LogP contribution is 2.69. The summed E-state index contributed by atoms with van der Waals surface area (Å²) in [4.78, 5) is 2.45. The fourth-order valence-corrected chi connectivity index (χ4v) is 10.2. The van der Waals surface area contributed by atoms with Crippen molar-refractivity contribution in [3.8, 4) is 22.3 Å². The molecule has 0 aromatic heterocycles. The Balaban J connectivity index is 1.12. The molecule has 6 aromatic carbocycles. The first-order valence-electron chi connectivity index (χ1n) is 17.0. The molecule has 5 atom stereocenters. The van der Waals surface area contributed by atoms with Gasteiger partial charge in [-0.25, -0.2) is 0 Å². The molecule has 1 nitrogen and oxygen atoms in total. The van der Waals surface area contributed by atoms with Gasteiger partial charge in [-0.15, -0.1) is 0 Å². The van der Waals surface area contributed by atoms with Crippen LogP contribution in [0.1, 0.15) is 43.2 Å². The third-order valence-electron chi connectivity index (χ3n) is 12.1.